The third-order valence-electron chi connectivity index (χ3n) is 3.18. The molecule has 0 radical (unpaired) electrons. The fourth-order valence-electron chi connectivity index (χ4n) is 2.25. The Morgan fingerprint density at radius 3 is 3.10 bits per heavy atom. The number of nitrogens with zero attached hydrogens (tertiary/aromatic N) is 2. The molecule has 1 aromatic heterocycles. The minimum absolute atomic E-state index is 0.0546. The third-order valence-corrected chi connectivity index (χ3v) is 4.39. The summed E-state index contributed by atoms with van der Waals surface area (Å²) in [6.07, 6.45) is 0. The van der Waals surface area contributed by atoms with Gasteiger partial charge in [0.05, 0.1) is 11.4 Å². The molecule has 1 aliphatic heterocycles. The summed E-state index contributed by atoms with van der Waals surface area (Å²) in [4.78, 5) is 11.6. The average Bonchev–Trinajstić information content (AvgIpc) is 3.01. The summed E-state index contributed by atoms with van der Waals surface area (Å²) in [5, 5.41) is 7.50. The number of halogens is 1. The van der Waals surface area contributed by atoms with Crippen molar-refractivity contribution in [3.05, 3.63) is 41.1 Å². The first-order chi connectivity index (χ1) is 9.69. The number of carbonyl (C=O) groups is 1. The lowest BCUT2D eigenvalue weighted by Crippen LogP contribution is -2.17. The zero-order valence-electron chi connectivity index (χ0n) is 11.0. The zero-order chi connectivity index (χ0) is 14.1. The standard InChI is InChI=1S/C14H14ClN3OS/c1-9-3-2-4-10(5-9)18-14(16-13(19)6-15)11-7-20-8-12(11)17-18/h2-5H,6-8H2,1H3,(H,16,19). The van der Waals surface area contributed by atoms with Crippen LogP contribution in [-0.2, 0) is 16.3 Å². The first kappa shape index (κ1) is 13.5. The van der Waals surface area contributed by atoms with Gasteiger partial charge in [-0.2, -0.15) is 16.9 Å². The number of rotatable bonds is 3. The molecule has 3 rings (SSSR count). The first-order valence-electron chi connectivity index (χ1n) is 6.30. The van der Waals surface area contributed by atoms with Gasteiger partial charge in [0.1, 0.15) is 11.7 Å². The summed E-state index contributed by atoms with van der Waals surface area (Å²) in [6, 6.07) is 8.05. The van der Waals surface area contributed by atoms with E-state index in [0.717, 1.165) is 39.8 Å². The van der Waals surface area contributed by atoms with E-state index in [9.17, 15) is 4.79 Å². The van der Waals surface area contributed by atoms with Crippen molar-refractivity contribution in [3.8, 4) is 5.69 Å². The number of aromatic nitrogens is 2. The zero-order valence-corrected chi connectivity index (χ0v) is 12.6. The van der Waals surface area contributed by atoms with Crippen LogP contribution in [0.1, 0.15) is 16.8 Å². The van der Waals surface area contributed by atoms with Gasteiger partial charge >= 0.3 is 0 Å². The third kappa shape index (κ3) is 2.43. The van der Waals surface area contributed by atoms with Gasteiger partial charge in [-0.15, -0.1) is 11.6 Å². The van der Waals surface area contributed by atoms with E-state index in [-0.39, 0.29) is 11.8 Å². The molecule has 20 heavy (non-hydrogen) atoms. The molecular formula is C14H14ClN3OS. The van der Waals surface area contributed by atoms with Gasteiger partial charge in [0.25, 0.3) is 0 Å². The van der Waals surface area contributed by atoms with Gasteiger partial charge in [-0.05, 0) is 24.6 Å². The number of aryl methyl sites for hydroxylation is 1. The molecule has 0 bridgehead atoms. The molecule has 0 atom stereocenters. The summed E-state index contributed by atoms with van der Waals surface area (Å²) in [7, 11) is 0. The topological polar surface area (TPSA) is 46.9 Å². The van der Waals surface area contributed by atoms with Crippen molar-refractivity contribution in [3.63, 3.8) is 0 Å². The number of anilines is 1. The summed E-state index contributed by atoms with van der Waals surface area (Å²) < 4.78 is 1.81. The van der Waals surface area contributed by atoms with Crippen LogP contribution in [0, 0.1) is 6.92 Å². The Kier molecular flexibility index (Phi) is 3.72. The molecule has 2 aromatic rings. The Bertz CT molecular complexity index is 668. The van der Waals surface area contributed by atoms with Crippen molar-refractivity contribution in [1.29, 1.82) is 0 Å². The van der Waals surface area contributed by atoms with Crippen LogP contribution >= 0.6 is 23.4 Å². The highest BCUT2D eigenvalue weighted by Gasteiger charge is 2.24. The molecule has 1 N–H and O–H groups in total. The maximum Gasteiger partial charge on any atom is 0.240 e. The highest BCUT2D eigenvalue weighted by molar-refractivity contribution is 7.98. The van der Waals surface area contributed by atoms with Crippen LogP contribution in [0.25, 0.3) is 5.69 Å². The second kappa shape index (κ2) is 5.50. The second-order valence-electron chi connectivity index (χ2n) is 4.70. The normalized spacial score (nSPS) is 13.3. The van der Waals surface area contributed by atoms with E-state index < -0.39 is 0 Å². The summed E-state index contributed by atoms with van der Waals surface area (Å²) >= 11 is 7.40. The SMILES string of the molecule is Cc1cccc(-n2nc3c(c2NC(=O)CCl)CSC3)c1. The molecule has 0 spiro atoms. The summed E-state index contributed by atoms with van der Waals surface area (Å²) in [6.45, 7) is 2.04. The van der Waals surface area contributed by atoms with Crippen LogP contribution in [-0.4, -0.2) is 21.6 Å². The Balaban J connectivity index is 2.08. The number of amides is 1. The van der Waals surface area contributed by atoms with E-state index in [1.54, 1.807) is 11.8 Å². The van der Waals surface area contributed by atoms with E-state index in [4.69, 9.17) is 11.6 Å². The lowest BCUT2D eigenvalue weighted by molar-refractivity contribution is -0.114. The van der Waals surface area contributed by atoms with Gasteiger partial charge in [0.2, 0.25) is 5.91 Å². The van der Waals surface area contributed by atoms with Crippen molar-refractivity contribution < 1.29 is 4.79 Å². The second-order valence-corrected chi connectivity index (χ2v) is 5.95. The lowest BCUT2D eigenvalue weighted by atomic mass is 10.2. The van der Waals surface area contributed by atoms with Crippen LogP contribution in [0.5, 0.6) is 0 Å². The molecule has 0 saturated heterocycles. The quantitative estimate of drug-likeness (QED) is 0.886. The van der Waals surface area contributed by atoms with Gasteiger partial charge in [-0.25, -0.2) is 4.68 Å². The average molecular weight is 308 g/mol. The minimum atomic E-state index is -0.208. The van der Waals surface area contributed by atoms with Crippen molar-refractivity contribution in [2.45, 2.75) is 18.4 Å². The molecule has 1 amide bonds. The van der Waals surface area contributed by atoms with Crippen molar-refractivity contribution >= 4 is 35.1 Å². The largest absolute Gasteiger partial charge is 0.309 e. The van der Waals surface area contributed by atoms with Crippen LogP contribution in [0.2, 0.25) is 0 Å². The van der Waals surface area contributed by atoms with E-state index in [2.05, 4.69) is 10.4 Å². The molecule has 104 valence electrons. The van der Waals surface area contributed by atoms with Crippen LogP contribution in [0.15, 0.2) is 24.3 Å². The van der Waals surface area contributed by atoms with Gasteiger partial charge in [0.15, 0.2) is 0 Å². The van der Waals surface area contributed by atoms with Crippen molar-refractivity contribution in [2.75, 3.05) is 11.2 Å². The maximum atomic E-state index is 11.6. The molecule has 2 heterocycles. The molecule has 4 nitrogen and oxygen atoms in total. The predicted molar refractivity (Wildman–Crippen MR) is 82.6 cm³/mol. The number of benzene rings is 1. The number of alkyl halides is 1. The highest BCUT2D eigenvalue weighted by Crippen LogP contribution is 2.36. The molecule has 0 fully saturated rings. The van der Waals surface area contributed by atoms with Gasteiger partial charge in [0, 0.05) is 17.1 Å². The number of nitrogens with one attached hydrogen (secondary N) is 1. The molecule has 0 unspecified atom stereocenters. The van der Waals surface area contributed by atoms with E-state index in [1.165, 1.54) is 0 Å². The van der Waals surface area contributed by atoms with Crippen LogP contribution in [0.4, 0.5) is 5.82 Å². The Hall–Kier alpha value is -1.46. The smallest absolute Gasteiger partial charge is 0.240 e. The van der Waals surface area contributed by atoms with Crippen LogP contribution < -0.4 is 5.32 Å². The van der Waals surface area contributed by atoms with Crippen LogP contribution in [0.3, 0.4) is 0 Å². The van der Waals surface area contributed by atoms with Gasteiger partial charge in [-0.1, -0.05) is 12.1 Å². The number of thioether (sulfide) groups is 1. The molecule has 6 heteroatoms. The maximum absolute atomic E-state index is 11.6. The number of hydrogen-bond acceptors (Lipinski definition) is 3. The fraction of sp³-hybridized carbons (Fsp3) is 0.286. The minimum Gasteiger partial charge on any atom is -0.309 e. The lowest BCUT2D eigenvalue weighted by Gasteiger charge is -2.10. The molecule has 1 aromatic carbocycles. The predicted octanol–water partition coefficient (Wildman–Crippen LogP) is 3.10. The fourth-order valence-corrected chi connectivity index (χ4v) is 3.36. The Morgan fingerprint density at radius 2 is 2.35 bits per heavy atom. The number of fused-ring (bicyclic) bond motifs is 1. The van der Waals surface area contributed by atoms with Crippen molar-refractivity contribution in [1.82, 2.24) is 9.78 Å². The first-order valence-corrected chi connectivity index (χ1v) is 7.99. The Morgan fingerprint density at radius 1 is 1.50 bits per heavy atom. The van der Waals surface area contributed by atoms with E-state index >= 15 is 0 Å². The van der Waals surface area contributed by atoms with Gasteiger partial charge in [-0.3, -0.25) is 4.79 Å². The van der Waals surface area contributed by atoms with E-state index in [1.807, 2.05) is 35.9 Å². The highest BCUT2D eigenvalue weighted by atomic mass is 35.5. The summed E-state index contributed by atoms with van der Waals surface area (Å²) in [5.41, 5.74) is 4.26. The molecule has 1 aliphatic rings. The van der Waals surface area contributed by atoms with Crippen molar-refractivity contribution in [2.24, 2.45) is 0 Å². The van der Waals surface area contributed by atoms with E-state index in [0.29, 0.717) is 0 Å². The number of carbonyl (C=O) groups excluding carboxylic acids is 1. The molecule has 0 saturated carbocycles. The Labute approximate surface area is 126 Å². The monoisotopic (exact) mass is 307 g/mol. The van der Waals surface area contributed by atoms with Gasteiger partial charge < -0.3 is 5.32 Å². The molecular weight excluding hydrogens is 294 g/mol. The number of hydrogen-bond donors (Lipinski definition) is 1. The molecule has 0 aliphatic carbocycles. The summed E-state index contributed by atoms with van der Waals surface area (Å²) in [5.74, 6) is 2.25.